The minimum atomic E-state index is -0.741. The molecule has 1 aliphatic rings. The predicted octanol–water partition coefficient (Wildman–Crippen LogP) is 1.17. The van der Waals surface area contributed by atoms with Gasteiger partial charge in [0.25, 0.3) is 0 Å². The normalized spacial score (nSPS) is 21.8. The van der Waals surface area contributed by atoms with E-state index in [1.165, 1.54) is 0 Å². The van der Waals surface area contributed by atoms with Crippen LogP contribution in [0.5, 0.6) is 0 Å². The number of benzene rings is 1. The Bertz CT molecular complexity index is 603. The molecule has 7 nitrogen and oxygen atoms in total. The number of aromatic amines is 1. The third kappa shape index (κ3) is 1.79. The summed E-state index contributed by atoms with van der Waals surface area (Å²) in [5, 5.41) is 13.0. The van der Waals surface area contributed by atoms with Gasteiger partial charge in [-0.05, 0) is 12.1 Å². The van der Waals surface area contributed by atoms with E-state index in [9.17, 15) is 14.9 Å². The van der Waals surface area contributed by atoms with Gasteiger partial charge in [0.05, 0.1) is 11.0 Å². The van der Waals surface area contributed by atoms with Crippen LogP contribution in [0, 0.1) is 16.0 Å². The lowest BCUT2D eigenvalue weighted by Crippen LogP contribution is -2.19. The number of carbonyl (C=O) groups is 1. The molecular formula is C11H10N4O3. The molecule has 2 aromatic rings. The Balaban J connectivity index is 1.73. The van der Waals surface area contributed by atoms with E-state index in [0.29, 0.717) is 12.4 Å². The lowest BCUT2D eigenvalue weighted by atomic mass is 10.3. The van der Waals surface area contributed by atoms with Crippen LogP contribution in [0.2, 0.25) is 0 Å². The Morgan fingerprint density at radius 1 is 1.50 bits per heavy atom. The van der Waals surface area contributed by atoms with E-state index >= 15 is 0 Å². The maximum Gasteiger partial charge on any atom is 0.237 e. The van der Waals surface area contributed by atoms with E-state index in [1.807, 2.05) is 24.3 Å². The van der Waals surface area contributed by atoms with Crippen LogP contribution in [0.4, 0.5) is 5.95 Å². The van der Waals surface area contributed by atoms with Gasteiger partial charge in [0.15, 0.2) is 0 Å². The molecule has 7 heteroatoms. The summed E-state index contributed by atoms with van der Waals surface area (Å²) in [6.45, 7) is 0. The van der Waals surface area contributed by atoms with Crippen LogP contribution in [0.25, 0.3) is 11.0 Å². The lowest BCUT2D eigenvalue weighted by Gasteiger charge is -1.97. The van der Waals surface area contributed by atoms with Crippen molar-refractivity contribution in [1.29, 1.82) is 0 Å². The minimum absolute atomic E-state index is 0.305. The lowest BCUT2D eigenvalue weighted by molar-refractivity contribution is -0.497. The highest BCUT2D eigenvalue weighted by Gasteiger charge is 2.53. The Hall–Kier alpha value is -2.44. The number of rotatable bonds is 3. The fourth-order valence-corrected chi connectivity index (χ4v) is 1.92. The number of aromatic nitrogens is 2. The van der Waals surface area contributed by atoms with Crippen molar-refractivity contribution in [1.82, 2.24) is 9.97 Å². The summed E-state index contributed by atoms with van der Waals surface area (Å²) in [4.78, 5) is 28.9. The fourth-order valence-electron chi connectivity index (χ4n) is 1.92. The molecule has 1 heterocycles. The Kier molecular flexibility index (Phi) is 2.26. The number of imidazole rings is 1. The van der Waals surface area contributed by atoms with Crippen molar-refractivity contribution in [3.8, 4) is 0 Å². The number of fused-ring (bicyclic) bond motifs is 1. The topological polar surface area (TPSA) is 101 Å². The maximum atomic E-state index is 11.7. The summed E-state index contributed by atoms with van der Waals surface area (Å²) in [7, 11) is 0. The highest BCUT2D eigenvalue weighted by Crippen LogP contribution is 2.33. The predicted molar refractivity (Wildman–Crippen MR) is 63.6 cm³/mol. The van der Waals surface area contributed by atoms with Crippen LogP contribution in [0.15, 0.2) is 24.3 Å². The number of hydrogen-bond donors (Lipinski definition) is 2. The van der Waals surface area contributed by atoms with Gasteiger partial charge in [-0.3, -0.25) is 20.2 Å². The first-order valence-electron chi connectivity index (χ1n) is 5.54. The molecule has 18 heavy (non-hydrogen) atoms. The van der Waals surface area contributed by atoms with Gasteiger partial charge in [0.1, 0.15) is 5.92 Å². The van der Waals surface area contributed by atoms with Gasteiger partial charge in [-0.1, -0.05) is 12.1 Å². The number of para-hydroxylation sites is 2. The first-order valence-corrected chi connectivity index (χ1v) is 5.54. The second-order valence-corrected chi connectivity index (χ2v) is 4.29. The summed E-state index contributed by atoms with van der Waals surface area (Å²) in [6, 6.07) is 6.62. The number of H-pyrrole nitrogens is 1. The first-order chi connectivity index (χ1) is 8.65. The van der Waals surface area contributed by atoms with Gasteiger partial charge in [-0.15, -0.1) is 0 Å². The molecule has 0 aliphatic heterocycles. The van der Waals surface area contributed by atoms with Crippen molar-refractivity contribution < 1.29 is 9.72 Å². The second-order valence-electron chi connectivity index (χ2n) is 4.29. The SMILES string of the molecule is O=C(Nc1nc2ccccc2[nH]1)[C@@H]1C[C@H]1[N+](=O)[O-]. The van der Waals surface area contributed by atoms with Crippen molar-refractivity contribution in [3.63, 3.8) is 0 Å². The van der Waals surface area contributed by atoms with E-state index in [1.54, 1.807) is 0 Å². The number of hydrogen-bond acceptors (Lipinski definition) is 4. The van der Waals surface area contributed by atoms with Gasteiger partial charge >= 0.3 is 0 Å². The largest absolute Gasteiger partial charge is 0.324 e. The van der Waals surface area contributed by atoms with Gasteiger partial charge in [-0.25, -0.2) is 4.98 Å². The van der Waals surface area contributed by atoms with Crippen LogP contribution in [-0.4, -0.2) is 26.8 Å². The number of nitrogens with one attached hydrogen (secondary N) is 2. The molecule has 92 valence electrons. The van der Waals surface area contributed by atoms with Crippen molar-refractivity contribution in [3.05, 3.63) is 34.4 Å². The average molecular weight is 246 g/mol. The molecule has 2 atom stereocenters. The maximum absolute atomic E-state index is 11.7. The molecule has 1 amide bonds. The summed E-state index contributed by atoms with van der Waals surface area (Å²) >= 11 is 0. The van der Waals surface area contributed by atoms with Crippen molar-refractivity contribution in [2.45, 2.75) is 12.5 Å². The molecule has 0 spiro atoms. The zero-order valence-corrected chi connectivity index (χ0v) is 9.29. The molecule has 1 aromatic heterocycles. The number of carbonyl (C=O) groups excluding carboxylic acids is 1. The smallest absolute Gasteiger partial charge is 0.237 e. The number of nitrogens with zero attached hydrogens (tertiary/aromatic N) is 2. The molecule has 1 aliphatic carbocycles. The second kappa shape index (κ2) is 3.80. The van der Waals surface area contributed by atoms with Gasteiger partial charge < -0.3 is 4.98 Å². The third-order valence-corrected chi connectivity index (χ3v) is 3.00. The minimum Gasteiger partial charge on any atom is -0.324 e. The molecule has 2 N–H and O–H groups in total. The van der Waals surface area contributed by atoms with E-state index in [2.05, 4.69) is 15.3 Å². The van der Waals surface area contributed by atoms with Crippen molar-refractivity contribution >= 4 is 22.9 Å². The third-order valence-electron chi connectivity index (χ3n) is 3.00. The summed E-state index contributed by atoms with van der Waals surface area (Å²) < 4.78 is 0. The molecule has 0 bridgehead atoms. The Morgan fingerprint density at radius 2 is 2.28 bits per heavy atom. The zero-order valence-electron chi connectivity index (χ0n) is 9.29. The van der Waals surface area contributed by atoms with Gasteiger partial charge in [-0.2, -0.15) is 0 Å². The van der Waals surface area contributed by atoms with Crippen LogP contribution >= 0.6 is 0 Å². The van der Waals surface area contributed by atoms with Crippen molar-refractivity contribution in [2.24, 2.45) is 5.92 Å². The number of nitro groups is 1. The average Bonchev–Trinajstić information content (AvgIpc) is 3.04. The number of amides is 1. The first kappa shape index (κ1) is 10.7. The van der Waals surface area contributed by atoms with E-state index in [0.717, 1.165) is 11.0 Å². The Labute approximate surface area is 101 Å². The monoisotopic (exact) mass is 246 g/mol. The molecule has 0 radical (unpaired) electrons. The molecule has 0 saturated heterocycles. The van der Waals surface area contributed by atoms with Gasteiger partial charge in [0.2, 0.25) is 17.9 Å². The summed E-state index contributed by atoms with van der Waals surface area (Å²) in [6.07, 6.45) is 0.305. The van der Waals surface area contributed by atoms with Gasteiger partial charge in [0, 0.05) is 11.3 Å². The molecule has 3 rings (SSSR count). The standard InChI is InChI=1S/C11H10N4O3/c16-10(6-5-9(6)15(17)18)14-11-12-7-3-1-2-4-8(7)13-11/h1-4,6,9H,5H2,(H2,12,13,14,16)/t6-,9-/m1/s1. The quantitative estimate of drug-likeness (QED) is 0.626. The highest BCUT2D eigenvalue weighted by molar-refractivity contribution is 5.94. The van der Waals surface area contributed by atoms with Crippen LogP contribution in [0.1, 0.15) is 6.42 Å². The van der Waals surface area contributed by atoms with E-state index in [4.69, 9.17) is 0 Å². The van der Waals surface area contributed by atoms with Crippen LogP contribution < -0.4 is 5.32 Å². The summed E-state index contributed by atoms with van der Waals surface area (Å²) in [5.74, 6) is -0.556. The molecule has 1 fully saturated rings. The number of anilines is 1. The molecular weight excluding hydrogens is 236 g/mol. The molecule has 1 saturated carbocycles. The Morgan fingerprint density at radius 3 is 2.94 bits per heavy atom. The van der Waals surface area contributed by atoms with E-state index in [-0.39, 0.29) is 5.91 Å². The molecule has 0 unspecified atom stereocenters. The van der Waals surface area contributed by atoms with Crippen LogP contribution in [0.3, 0.4) is 0 Å². The van der Waals surface area contributed by atoms with E-state index < -0.39 is 16.9 Å². The van der Waals surface area contributed by atoms with Crippen LogP contribution in [-0.2, 0) is 4.79 Å². The zero-order chi connectivity index (χ0) is 12.7. The molecule has 1 aromatic carbocycles. The fraction of sp³-hybridized carbons (Fsp3) is 0.273. The van der Waals surface area contributed by atoms with Crippen molar-refractivity contribution in [2.75, 3.05) is 5.32 Å². The summed E-state index contributed by atoms with van der Waals surface area (Å²) in [5.41, 5.74) is 1.56. The highest BCUT2D eigenvalue weighted by atomic mass is 16.6.